The van der Waals surface area contributed by atoms with Crippen molar-refractivity contribution in [1.82, 2.24) is 0 Å². The molecule has 88 valence electrons. The topological polar surface area (TPSA) is 74.6 Å². The summed E-state index contributed by atoms with van der Waals surface area (Å²) in [5.74, 6) is -3.64. The van der Waals surface area contributed by atoms with Crippen molar-refractivity contribution in [3.05, 3.63) is 34.9 Å². The summed E-state index contributed by atoms with van der Waals surface area (Å²) in [6.07, 6.45) is -4.90. The number of rotatable bonds is 2. The SMILES string of the molecule is O=C(O)c1cccc(C(F)(F)F)c1C(=O)O.[K].[K]. The first-order chi connectivity index (χ1) is 7.25. The van der Waals surface area contributed by atoms with Crippen LogP contribution in [0.4, 0.5) is 13.2 Å². The van der Waals surface area contributed by atoms with E-state index in [1.54, 1.807) is 0 Å². The van der Waals surface area contributed by atoms with Crippen molar-refractivity contribution in [2.75, 3.05) is 0 Å². The molecule has 0 bridgehead atoms. The molecule has 9 heteroatoms. The molecule has 1 rings (SSSR count). The Morgan fingerprint density at radius 2 is 1.50 bits per heavy atom. The van der Waals surface area contributed by atoms with Crippen LogP contribution in [-0.4, -0.2) is 125 Å². The Balaban J connectivity index is 0. The van der Waals surface area contributed by atoms with Crippen LogP contribution in [0.25, 0.3) is 0 Å². The molecule has 0 spiro atoms. The van der Waals surface area contributed by atoms with E-state index in [9.17, 15) is 22.8 Å². The summed E-state index contributed by atoms with van der Waals surface area (Å²) in [4.78, 5) is 21.2. The van der Waals surface area contributed by atoms with Crippen LogP contribution in [0.3, 0.4) is 0 Å². The van der Waals surface area contributed by atoms with Gasteiger partial charge in [0.25, 0.3) is 0 Å². The molecule has 2 N–H and O–H groups in total. The van der Waals surface area contributed by atoms with Crippen molar-refractivity contribution in [3.8, 4) is 0 Å². The van der Waals surface area contributed by atoms with Crippen LogP contribution in [0.2, 0.25) is 0 Å². The number of hydrogen-bond acceptors (Lipinski definition) is 2. The molecule has 1 aromatic rings. The van der Waals surface area contributed by atoms with E-state index in [1.165, 1.54) is 0 Å². The first-order valence-corrected chi connectivity index (χ1v) is 3.92. The maximum Gasteiger partial charge on any atom is 0.417 e. The summed E-state index contributed by atoms with van der Waals surface area (Å²) >= 11 is 0. The minimum Gasteiger partial charge on any atom is -0.478 e. The van der Waals surface area contributed by atoms with E-state index in [-0.39, 0.29) is 103 Å². The maximum atomic E-state index is 12.4. The van der Waals surface area contributed by atoms with E-state index < -0.39 is 34.8 Å². The average Bonchev–Trinajstić information content (AvgIpc) is 2.14. The summed E-state index contributed by atoms with van der Waals surface area (Å²) in [5.41, 5.74) is -3.61. The minimum absolute atomic E-state index is 0. The molecule has 4 nitrogen and oxygen atoms in total. The zero-order chi connectivity index (χ0) is 12.5. The molecule has 2 radical (unpaired) electrons. The largest absolute Gasteiger partial charge is 0.478 e. The molecule has 0 atom stereocenters. The van der Waals surface area contributed by atoms with Gasteiger partial charge in [0.2, 0.25) is 0 Å². The summed E-state index contributed by atoms with van der Waals surface area (Å²) in [6, 6.07) is 2.18. The molecule has 1 aromatic carbocycles. The van der Waals surface area contributed by atoms with E-state index in [4.69, 9.17) is 10.2 Å². The molecule has 0 aliphatic carbocycles. The van der Waals surface area contributed by atoms with Crippen molar-refractivity contribution < 1.29 is 33.0 Å². The number of aromatic carboxylic acids is 2. The van der Waals surface area contributed by atoms with E-state index in [0.29, 0.717) is 6.07 Å². The first kappa shape index (κ1) is 21.5. The van der Waals surface area contributed by atoms with Gasteiger partial charge in [-0.1, -0.05) is 6.07 Å². The third kappa shape index (κ3) is 5.31. The maximum absolute atomic E-state index is 12.4. The predicted molar refractivity (Wildman–Crippen MR) is 56.9 cm³/mol. The molecular weight excluding hydrogens is 307 g/mol. The van der Waals surface area contributed by atoms with E-state index in [0.717, 1.165) is 12.1 Å². The first-order valence-electron chi connectivity index (χ1n) is 3.92. The van der Waals surface area contributed by atoms with Crippen LogP contribution in [0, 0.1) is 0 Å². The summed E-state index contributed by atoms with van der Waals surface area (Å²) in [6.45, 7) is 0. The minimum atomic E-state index is -4.90. The number of carboxylic acid groups (broad SMARTS) is 2. The number of carbonyl (C=O) groups is 2. The van der Waals surface area contributed by atoms with Gasteiger partial charge in [0, 0.05) is 103 Å². The van der Waals surface area contributed by atoms with Crippen LogP contribution < -0.4 is 0 Å². The predicted octanol–water partition coefficient (Wildman–Crippen LogP) is 1.34. The third-order valence-corrected chi connectivity index (χ3v) is 1.81. The molecule has 18 heavy (non-hydrogen) atoms. The van der Waals surface area contributed by atoms with E-state index >= 15 is 0 Å². The fourth-order valence-electron chi connectivity index (χ4n) is 1.20. The van der Waals surface area contributed by atoms with Crippen LogP contribution in [0.5, 0.6) is 0 Å². The smallest absolute Gasteiger partial charge is 0.417 e. The molecule has 0 aliphatic heterocycles. The Hall–Kier alpha value is 1.22. The Morgan fingerprint density at radius 3 is 1.83 bits per heavy atom. The number of hydrogen-bond donors (Lipinski definition) is 2. The quantitative estimate of drug-likeness (QED) is 0.808. The molecule has 0 unspecified atom stereocenters. The van der Waals surface area contributed by atoms with E-state index in [2.05, 4.69) is 0 Å². The number of alkyl halides is 3. The van der Waals surface area contributed by atoms with Gasteiger partial charge in [0.05, 0.1) is 16.7 Å². The number of benzene rings is 1. The third-order valence-electron chi connectivity index (χ3n) is 1.81. The zero-order valence-corrected chi connectivity index (χ0v) is 15.8. The summed E-state index contributed by atoms with van der Waals surface area (Å²) in [5, 5.41) is 17.2. The van der Waals surface area contributed by atoms with Crippen molar-refractivity contribution in [3.63, 3.8) is 0 Å². The Morgan fingerprint density at radius 1 is 1.00 bits per heavy atom. The van der Waals surface area contributed by atoms with Crippen molar-refractivity contribution in [1.29, 1.82) is 0 Å². The fourth-order valence-corrected chi connectivity index (χ4v) is 1.20. The van der Waals surface area contributed by atoms with Gasteiger partial charge in [-0.3, -0.25) is 0 Å². The molecule has 0 aliphatic rings. The van der Waals surface area contributed by atoms with Gasteiger partial charge in [-0.25, -0.2) is 9.59 Å². The van der Waals surface area contributed by atoms with Gasteiger partial charge in [0.1, 0.15) is 0 Å². The van der Waals surface area contributed by atoms with Gasteiger partial charge < -0.3 is 10.2 Å². The van der Waals surface area contributed by atoms with Gasteiger partial charge in [-0.05, 0) is 12.1 Å². The monoisotopic (exact) mass is 312 g/mol. The molecule has 0 fully saturated rings. The Kier molecular flexibility index (Phi) is 10.2. The van der Waals surface area contributed by atoms with Crippen molar-refractivity contribution in [2.45, 2.75) is 6.18 Å². The van der Waals surface area contributed by atoms with E-state index in [1.807, 2.05) is 0 Å². The molecule has 0 heterocycles. The van der Waals surface area contributed by atoms with Gasteiger partial charge in [0.15, 0.2) is 0 Å². The fraction of sp³-hybridized carbons (Fsp3) is 0.111. The Bertz CT molecular complexity index is 460. The molecular formula is C9H5F3K2O4. The van der Waals surface area contributed by atoms with Crippen LogP contribution in [0.15, 0.2) is 18.2 Å². The van der Waals surface area contributed by atoms with Crippen molar-refractivity contribution >= 4 is 115 Å². The average molecular weight is 312 g/mol. The number of halogens is 3. The summed E-state index contributed by atoms with van der Waals surface area (Å²) < 4.78 is 37.2. The van der Waals surface area contributed by atoms with Crippen LogP contribution in [-0.2, 0) is 6.18 Å². The summed E-state index contributed by atoms with van der Waals surface area (Å²) in [7, 11) is 0. The van der Waals surface area contributed by atoms with Crippen molar-refractivity contribution in [2.24, 2.45) is 0 Å². The second-order valence-corrected chi connectivity index (χ2v) is 2.84. The second kappa shape index (κ2) is 8.50. The molecule has 0 saturated carbocycles. The standard InChI is InChI=1S/C9H5F3O4.2K/c10-9(11,12)5-3-1-2-4(7(13)14)6(5)8(15)16;;/h1-3H,(H,13,14)(H,15,16);;. The van der Waals surface area contributed by atoms with Crippen LogP contribution >= 0.6 is 0 Å². The zero-order valence-electron chi connectivity index (χ0n) is 9.58. The Labute approximate surface area is 185 Å². The molecule has 0 saturated heterocycles. The second-order valence-electron chi connectivity index (χ2n) is 2.84. The molecule has 0 amide bonds. The normalized spacial score (nSPS) is 9.94. The number of carboxylic acids is 2. The van der Waals surface area contributed by atoms with Gasteiger partial charge >= 0.3 is 18.1 Å². The molecule has 0 aromatic heterocycles. The van der Waals surface area contributed by atoms with Gasteiger partial charge in [-0.15, -0.1) is 0 Å². The van der Waals surface area contributed by atoms with Crippen LogP contribution in [0.1, 0.15) is 26.3 Å². The van der Waals surface area contributed by atoms with Gasteiger partial charge in [-0.2, -0.15) is 13.2 Å².